The van der Waals surface area contributed by atoms with E-state index in [9.17, 15) is 18.3 Å². The summed E-state index contributed by atoms with van der Waals surface area (Å²) in [6, 6.07) is 4.56. The van der Waals surface area contributed by atoms with Crippen LogP contribution in [-0.4, -0.2) is 47.8 Å². The van der Waals surface area contributed by atoms with Crippen LogP contribution in [0.15, 0.2) is 43.0 Å². The molecule has 3 rings (SSSR count). The van der Waals surface area contributed by atoms with Crippen molar-refractivity contribution in [2.24, 2.45) is 0 Å². The van der Waals surface area contributed by atoms with Crippen LogP contribution in [0, 0.1) is 5.95 Å². The van der Waals surface area contributed by atoms with Gasteiger partial charge >= 0.3 is 0 Å². The van der Waals surface area contributed by atoms with Gasteiger partial charge in [0.2, 0.25) is 5.95 Å². The summed E-state index contributed by atoms with van der Waals surface area (Å²) in [7, 11) is 0. The van der Waals surface area contributed by atoms with Crippen molar-refractivity contribution in [2.45, 2.75) is 18.6 Å². The number of tetrazole rings is 1. The van der Waals surface area contributed by atoms with Gasteiger partial charge in [-0.2, -0.15) is 4.39 Å². The summed E-state index contributed by atoms with van der Waals surface area (Å²) >= 11 is 0. The monoisotopic (exact) mass is 336 g/mol. The lowest BCUT2D eigenvalue weighted by molar-refractivity contribution is -0.0292. The van der Waals surface area contributed by atoms with Crippen LogP contribution < -0.4 is 0 Å². The van der Waals surface area contributed by atoms with E-state index in [0.29, 0.717) is 11.1 Å². The summed E-state index contributed by atoms with van der Waals surface area (Å²) in [5.41, 5.74) is 1.39. The average molecular weight is 336 g/mol. The first-order chi connectivity index (χ1) is 11.6. The zero-order valence-corrected chi connectivity index (χ0v) is 12.0. The standard InChI is InChI=1S/C14H11F3N6O/c15-11-4-2-9(6-19-11)8-1-3-10(18-5-8)12(13(24)14(16)17)23-7-20-21-22-23/h1-7,12-14,24H. The molecule has 0 saturated carbocycles. The Labute approximate surface area is 133 Å². The number of rotatable bonds is 5. The molecule has 124 valence electrons. The minimum Gasteiger partial charge on any atom is -0.384 e. The van der Waals surface area contributed by atoms with E-state index in [1.54, 1.807) is 6.07 Å². The molecule has 0 amide bonds. The molecule has 0 bridgehead atoms. The molecule has 3 heterocycles. The Balaban J connectivity index is 1.93. The Morgan fingerprint density at radius 1 is 1.00 bits per heavy atom. The first kappa shape index (κ1) is 16.0. The number of hydrogen-bond donors (Lipinski definition) is 1. The fraction of sp³-hybridized carbons (Fsp3) is 0.214. The van der Waals surface area contributed by atoms with Crippen LogP contribution in [0.5, 0.6) is 0 Å². The number of aromatic nitrogens is 6. The molecule has 2 unspecified atom stereocenters. The highest BCUT2D eigenvalue weighted by Gasteiger charge is 2.32. The van der Waals surface area contributed by atoms with Crippen LogP contribution in [0.1, 0.15) is 11.7 Å². The number of aliphatic hydroxyl groups is 1. The van der Waals surface area contributed by atoms with Gasteiger partial charge in [0.1, 0.15) is 18.5 Å². The fourth-order valence-corrected chi connectivity index (χ4v) is 2.20. The number of pyridine rings is 2. The van der Waals surface area contributed by atoms with Crippen LogP contribution in [-0.2, 0) is 0 Å². The maximum absolute atomic E-state index is 12.9. The van der Waals surface area contributed by atoms with Gasteiger partial charge in [0, 0.05) is 23.5 Å². The number of alkyl halides is 2. The van der Waals surface area contributed by atoms with E-state index in [4.69, 9.17) is 0 Å². The van der Waals surface area contributed by atoms with Crippen molar-refractivity contribution in [3.05, 3.63) is 54.6 Å². The first-order valence-corrected chi connectivity index (χ1v) is 6.83. The molecule has 10 heteroatoms. The predicted octanol–water partition coefficient (Wildman–Crippen LogP) is 1.48. The molecule has 0 aliphatic rings. The van der Waals surface area contributed by atoms with Crippen LogP contribution in [0.3, 0.4) is 0 Å². The van der Waals surface area contributed by atoms with Crippen molar-refractivity contribution >= 4 is 0 Å². The van der Waals surface area contributed by atoms with E-state index >= 15 is 0 Å². The van der Waals surface area contributed by atoms with Crippen molar-refractivity contribution in [1.82, 2.24) is 30.2 Å². The molecule has 0 aliphatic heterocycles. The van der Waals surface area contributed by atoms with E-state index in [0.717, 1.165) is 11.0 Å². The van der Waals surface area contributed by atoms with Gasteiger partial charge in [0.05, 0.1) is 5.69 Å². The fourth-order valence-electron chi connectivity index (χ4n) is 2.20. The van der Waals surface area contributed by atoms with Crippen molar-refractivity contribution in [1.29, 1.82) is 0 Å². The van der Waals surface area contributed by atoms with E-state index in [1.165, 1.54) is 30.6 Å². The van der Waals surface area contributed by atoms with Gasteiger partial charge in [0.25, 0.3) is 6.43 Å². The second kappa shape index (κ2) is 6.71. The SMILES string of the molecule is OC(C(F)F)C(c1ccc(-c2ccc(F)nc2)cn1)n1cnnn1. The van der Waals surface area contributed by atoms with Gasteiger partial charge in [-0.1, -0.05) is 6.07 Å². The maximum Gasteiger partial charge on any atom is 0.266 e. The van der Waals surface area contributed by atoms with Crippen molar-refractivity contribution < 1.29 is 18.3 Å². The van der Waals surface area contributed by atoms with Crippen molar-refractivity contribution in [3.8, 4) is 11.1 Å². The van der Waals surface area contributed by atoms with Gasteiger partial charge in [0.15, 0.2) is 0 Å². The molecule has 0 radical (unpaired) electrons. The van der Waals surface area contributed by atoms with E-state index in [-0.39, 0.29) is 5.69 Å². The van der Waals surface area contributed by atoms with Gasteiger partial charge in [-0.3, -0.25) is 4.98 Å². The number of hydrogen-bond acceptors (Lipinski definition) is 6. The van der Waals surface area contributed by atoms with E-state index in [1.807, 2.05) is 0 Å². The summed E-state index contributed by atoms with van der Waals surface area (Å²) in [6.45, 7) is 0. The summed E-state index contributed by atoms with van der Waals surface area (Å²) in [6.07, 6.45) is -1.16. The maximum atomic E-state index is 12.9. The summed E-state index contributed by atoms with van der Waals surface area (Å²) < 4.78 is 39.7. The van der Waals surface area contributed by atoms with Crippen LogP contribution in [0.4, 0.5) is 13.2 Å². The third kappa shape index (κ3) is 3.23. The first-order valence-electron chi connectivity index (χ1n) is 6.83. The molecule has 0 aliphatic carbocycles. The third-order valence-corrected chi connectivity index (χ3v) is 3.38. The lowest BCUT2D eigenvalue weighted by Gasteiger charge is -2.21. The van der Waals surface area contributed by atoms with Gasteiger partial charge in [-0.15, -0.1) is 5.10 Å². The molecular formula is C14H11F3N6O. The number of nitrogens with zero attached hydrogens (tertiary/aromatic N) is 6. The summed E-state index contributed by atoms with van der Waals surface area (Å²) in [5, 5.41) is 20.1. The Bertz CT molecular complexity index is 779. The lowest BCUT2D eigenvalue weighted by atomic mass is 10.0. The highest BCUT2D eigenvalue weighted by molar-refractivity contribution is 5.61. The molecule has 0 saturated heterocycles. The zero-order valence-electron chi connectivity index (χ0n) is 12.0. The van der Waals surface area contributed by atoms with E-state index in [2.05, 4.69) is 25.5 Å². The lowest BCUT2D eigenvalue weighted by Crippen LogP contribution is -2.32. The molecular weight excluding hydrogens is 325 g/mol. The van der Waals surface area contributed by atoms with E-state index < -0.39 is 24.5 Å². The van der Waals surface area contributed by atoms with Crippen molar-refractivity contribution in [3.63, 3.8) is 0 Å². The summed E-state index contributed by atoms with van der Waals surface area (Å²) in [5.74, 6) is -0.609. The quantitative estimate of drug-likeness (QED) is 0.710. The van der Waals surface area contributed by atoms with Gasteiger partial charge < -0.3 is 5.11 Å². The highest BCUT2D eigenvalue weighted by Crippen LogP contribution is 2.25. The zero-order chi connectivity index (χ0) is 17.1. The van der Waals surface area contributed by atoms with Crippen LogP contribution in [0.2, 0.25) is 0 Å². The second-order valence-corrected chi connectivity index (χ2v) is 4.90. The average Bonchev–Trinajstić information content (AvgIpc) is 3.10. The largest absolute Gasteiger partial charge is 0.384 e. The van der Waals surface area contributed by atoms with Gasteiger partial charge in [-0.25, -0.2) is 18.4 Å². The Morgan fingerprint density at radius 2 is 1.71 bits per heavy atom. The molecule has 1 N–H and O–H groups in total. The Hall–Kier alpha value is -2.88. The minimum absolute atomic E-state index is 0.161. The van der Waals surface area contributed by atoms with Gasteiger partial charge in [-0.05, 0) is 28.6 Å². The highest BCUT2D eigenvalue weighted by atomic mass is 19.3. The molecule has 0 spiro atoms. The Morgan fingerprint density at radius 3 is 2.21 bits per heavy atom. The minimum atomic E-state index is -3.00. The molecule has 0 aromatic carbocycles. The number of halogens is 3. The Kier molecular flexibility index (Phi) is 4.47. The normalized spacial score (nSPS) is 13.9. The van der Waals surface area contributed by atoms with Crippen LogP contribution in [0.25, 0.3) is 11.1 Å². The molecule has 7 nitrogen and oxygen atoms in total. The molecule has 24 heavy (non-hydrogen) atoms. The molecule has 3 aromatic rings. The molecule has 2 atom stereocenters. The predicted molar refractivity (Wildman–Crippen MR) is 75.4 cm³/mol. The topological polar surface area (TPSA) is 89.6 Å². The molecule has 0 fully saturated rings. The number of aliphatic hydroxyl groups excluding tert-OH is 1. The third-order valence-electron chi connectivity index (χ3n) is 3.38. The smallest absolute Gasteiger partial charge is 0.266 e. The summed E-state index contributed by atoms with van der Waals surface area (Å²) in [4.78, 5) is 7.65. The second-order valence-electron chi connectivity index (χ2n) is 4.90. The molecule has 3 aromatic heterocycles. The van der Waals surface area contributed by atoms with Crippen LogP contribution >= 0.6 is 0 Å². The van der Waals surface area contributed by atoms with Crippen molar-refractivity contribution in [2.75, 3.05) is 0 Å².